The van der Waals surface area contributed by atoms with Gasteiger partial charge in [0.25, 0.3) is 0 Å². The molecule has 0 aliphatic rings. The van der Waals surface area contributed by atoms with Crippen LogP contribution in [0.4, 0.5) is 5.69 Å². The summed E-state index contributed by atoms with van der Waals surface area (Å²) in [4.78, 5) is 27.9. The lowest BCUT2D eigenvalue weighted by Crippen LogP contribution is -2.50. The van der Waals surface area contributed by atoms with Crippen LogP contribution in [0.5, 0.6) is 0 Å². The minimum Gasteiger partial charge on any atom is -0.352 e. The number of hydrogen-bond donors (Lipinski definition) is 1. The van der Waals surface area contributed by atoms with E-state index in [2.05, 4.69) is 5.32 Å². The molecular weight excluding hydrogens is 521 g/mol. The topological polar surface area (TPSA) is 86.8 Å². The van der Waals surface area contributed by atoms with Crippen molar-refractivity contribution in [2.45, 2.75) is 65.6 Å². The summed E-state index contributed by atoms with van der Waals surface area (Å²) in [6.07, 6.45) is 1.91. The van der Waals surface area contributed by atoms with Crippen molar-refractivity contribution in [2.24, 2.45) is 0 Å². The Labute approximate surface area is 224 Å². The zero-order valence-electron chi connectivity index (χ0n) is 21.4. The second-order valence-corrected chi connectivity index (χ2v) is 11.9. The molecule has 2 aromatic carbocycles. The van der Waals surface area contributed by atoms with Gasteiger partial charge < -0.3 is 10.2 Å². The lowest BCUT2D eigenvalue weighted by atomic mass is 10.1. The molecule has 0 saturated carbocycles. The molecule has 0 saturated heterocycles. The molecule has 2 amide bonds. The van der Waals surface area contributed by atoms with Gasteiger partial charge >= 0.3 is 0 Å². The predicted octanol–water partition coefficient (Wildman–Crippen LogP) is 5.18. The summed E-state index contributed by atoms with van der Waals surface area (Å²) in [5, 5.41) is 3.76. The van der Waals surface area contributed by atoms with E-state index in [0.29, 0.717) is 27.7 Å². The molecule has 10 heteroatoms. The summed E-state index contributed by atoms with van der Waals surface area (Å²) >= 11 is 12.4. The van der Waals surface area contributed by atoms with Crippen molar-refractivity contribution in [2.75, 3.05) is 17.1 Å². The van der Waals surface area contributed by atoms with Crippen LogP contribution >= 0.6 is 23.2 Å². The van der Waals surface area contributed by atoms with Crippen molar-refractivity contribution < 1.29 is 18.0 Å². The van der Waals surface area contributed by atoms with E-state index in [9.17, 15) is 18.0 Å². The normalized spacial score (nSPS) is 12.3. The lowest BCUT2D eigenvalue weighted by molar-refractivity contribution is -0.141. The van der Waals surface area contributed by atoms with E-state index in [1.54, 1.807) is 30.3 Å². The molecular formula is C26H35Cl2N3O4S. The molecule has 0 radical (unpaired) electrons. The molecule has 2 aromatic rings. The Hall–Kier alpha value is -2.29. The van der Waals surface area contributed by atoms with Gasteiger partial charge in [-0.15, -0.1) is 0 Å². The molecule has 1 N–H and O–H groups in total. The number of nitrogens with one attached hydrogen (secondary N) is 1. The zero-order chi connectivity index (χ0) is 27.0. The monoisotopic (exact) mass is 555 g/mol. The maximum Gasteiger partial charge on any atom is 0.243 e. The summed E-state index contributed by atoms with van der Waals surface area (Å²) in [5.74, 6) is -0.507. The number of carbonyl (C=O) groups excluding carboxylic acids is 2. The number of rotatable bonds is 12. The highest BCUT2D eigenvalue weighted by atomic mass is 35.5. The van der Waals surface area contributed by atoms with Crippen LogP contribution in [0.2, 0.25) is 10.0 Å². The molecule has 2 rings (SSSR count). The Kier molecular flexibility index (Phi) is 11.1. The van der Waals surface area contributed by atoms with Gasteiger partial charge in [-0.3, -0.25) is 13.9 Å². The summed E-state index contributed by atoms with van der Waals surface area (Å²) in [7, 11) is -3.54. The molecule has 0 heterocycles. The molecule has 198 valence electrons. The van der Waals surface area contributed by atoms with Crippen LogP contribution in [0.1, 0.15) is 51.2 Å². The molecule has 36 heavy (non-hydrogen) atoms. The Morgan fingerprint density at radius 1 is 1.06 bits per heavy atom. The molecule has 0 aliphatic heterocycles. The quantitative estimate of drug-likeness (QED) is 0.391. The van der Waals surface area contributed by atoms with E-state index in [0.717, 1.165) is 11.8 Å². The number of benzene rings is 2. The fourth-order valence-electron chi connectivity index (χ4n) is 3.85. The number of hydrogen-bond acceptors (Lipinski definition) is 4. The smallest absolute Gasteiger partial charge is 0.243 e. The van der Waals surface area contributed by atoms with Gasteiger partial charge in [-0.1, -0.05) is 53.9 Å². The van der Waals surface area contributed by atoms with Crippen LogP contribution in [0.25, 0.3) is 0 Å². The first kappa shape index (κ1) is 29.9. The van der Waals surface area contributed by atoms with E-state index in [4.69, 9.17) is 23.2 Å². The lowest BCUT2D eigenvalue weighted by Gasteiger charge is -2.32. The van der Waals surface area contributed by atoms with E-state index in [1.807, 2.05) is 39.8 Å². The van der Waals surface area contributed by atoms with Gasteiger partial charge in [-0.2, -0.15) is 0 Å². The van der Waals surface area contributed by atoms with Crippen LogP contribution in [-0.2, 0) is 26.2 Å². The third kappa shape index (κ3) is 8.68. The second-order valence-electron chi connectivity index (χ2n) is 9.12. The summed E-state index contributed by atoms with van der Waals surface area (Å²) in [6.45, 7) is 7.76. The van der Waals surface area contributed by atoms with Crippen LogP contribution in [0, 0.1) is 6.92 Å². The van der Waals surface area contributed by atoms with Gasteiger partial charge in [0.15, 0.2) is 0 Å². The fourth-order valence-corrected chi connectivity index (χ4v) is 5.28. The van der Waals surface area contributed by atoms with Gasteiger partial charge in [0.05, 0.1) is 11.9 Å². The predicted molar refractivity (Wildman–Crippen MR) is 147 cm³/mol. The molecule has 7 nitrogen and oxygen atoms in total. The second kappa shape index (κ2) is 13.3. The van der Waals surface area contributed by atoms with Crippen molar-refractivity contribution in [3.8, 4) is 0 Å². The van der Waals surface area contributed by atoms with Gasteiger partial charge in [-0.25, -0.2) is 8.42 Å². The van der Waals surface area contributed by atoms with E-state index in [-0.39, 0.29) is 43.8 Å². The Bertz CT molecular complexity index is 1150. The Balaban J connectivity index is 2.25. The average molecular weight is 557 g/mol. The third-order valence-corrected chi connectivity index (χ3v) is 7.43. The summed E-state index contributed by atoms with van der Waals surface area (Å²) in [5.41, 5.74) is 2.23. The zero-order valence-corrected chi connectivity index (χ0v) is 23.8. The van der Waals surface area contributed by atoms with Gasteiger partial charge in [0.1, 0.15) is 6.04 Å². The third-order valence-electron chi connectivity index (χ3n) is 5.65. The van der Waals surface area contributed by atoms with Crippen molar-refractivity contribution in [3.63, 3.8) is 0 Å². The number of nitrogens with zero attached hydrogens (tertiary/aromatic N) is 2. The molecule has 0 aliphatic carbocycles. The largest absolute Gasteiger partial charge is 0.352 e. The molecule has 0 fully saturated rings. The van der Waals surface area contributed by atoms with Crippen molar-refractivity contribution in [1.29, 1.82) is 0 Å². The highest BCUT2D eigenvalue weighted by molar-refractivity contribution is 7.92. The number of carbonyl (C=O) groups is 2. The standard InChI is InChI=1S/C26H35Cl2N3O4S/c1-6-24(26(33)29-18(2)3)30(17-20-11-12-21(27)16-23(20)28)25(32)8-7-15-31(36(5,34)35)22-13-9-19(4)10-14-22/h9-14,16,18,24H,6-8,15,17H2,1-5H3,(H,29,33). The number of halogens is 2. The van der Waals surface area contributed by atoms with Crippen molar-refractivity contribution in [3.05, 3.63) is 63.6 Å². The maximum absolute atomic E-state index is 13.4. The van der Waals surface area contributed by atoms with Gasteiger partial charge in [-0.05, 0) is 63.4 Å². The van der Waals surface area contributed by atoms with Crippen LogP contribution in [-0.4, -0.2) is 50.0 Å². The SMILES string of the molecule is CCC(C(=O)NC(C)C)N(Cc1ccc(Cl)cc1Cl)C(=O)CCCN(c1ccc(C)cc1)S(C)(=O)=O. The summed E-state index contributed by atoms with van der Waals surface area (Å²) in [6, 6.07) is 11.4. The van der Waals surface area contributed by atoms with E-state index in [1.165, 1.54) is 9.21 Å². The number of sulfonamides is 1. The van der Waals surface area contributed by atoms with E-state index >= 15 is 0 Å². The van der Waals surface area contributed by atoms with E-state index < -0.39 is 16.1 Å². The Morgan fingerprint density at radius 3 is 2.22 bits per heavy atom. The molecule has 1 atom stereocenters. The van der Waals surface area contributed by atoms with Crippen LogP contribution < -0.4 is 9.62 Å². The van der Waals surface area contributed by atoms with Gasteiger partial charge in [0, 0.05) is 35.6 Å². The van der Waals surface area contributed by atoms with Crippen LogP contribution in [0.15, 0.2) is 42.5 Å². The highest BCUT2D eigenvalue weighted by Crippen LogP contribution is 2.25. The highest BCUT2D eigenvalue weighted by Gasteiger charge is 2.29. The van der Waals surface area contributed by atoms with Gasteiger partial charge in [0.2, 0.25) is 21.8 Å². The minimum atomic E-state index is -3.54. The molecule has 0 aromatic heterocycles. The maximum atomic E-state index is 13.4. The number of anilines is 1. The summed E-state index contributed by atoms with van der Waals surface area (Å²) < 4.78 is 26.2. The first-order chi connectivity index (χ1) is 16.8. The van der Waals surface area contributed by atoms with Crippen LogP contribution in [0.3, 0.4) is 0 Å². The molecule has 0 bridgehead atoms. The number of aryl methyl sites for hydroxylation is 1. The van der Waals surface area contributed by atoms with Crippen molar-refractivity contribution >= 4 is 50.7 Å². The average Bonchev–Trinajstić information content (AvgIpc) is 2.77. The molecule has 1 unspecified atom stereocenters. The Morgan fingerprint density at radius 2 is 1.69 bits per heavy atom. The number of amides is 2. The van der Waals surface area contributed by atoms with Crippen molar-refractivity contribution in [1.82, 2.24) is 10.2 Å². The first-order valence-electron chi connectivity index (χ1n) is 11.9. The minimum absolute atomic E-state index is 0.0640. The first-order valence-corrected chi connectivity index (χ1v) is 14.5. The fraction of sp³-hybridized carbons (Fsp3) is 0.462. The molecule has 0 spiro atoms.